The Bertz CT molecular complexity index is 1080. The molecule has 1 aromatic heterocycles. The zero-order valence-corrected chi connectivity index (χ0v) is 20.5. The van der Waals surface area contributed by atoms with Crippen molar-refractivity contribution < 1.29 is 31.4 Å². The second kappa shape index (κ2) is 9.40. The summed E-state index contributed by atoms with van der Waals surface area (Å²) < 4.78 is 73.5. The Labute approximate surface area is 201 Å². The van der Waals surface area contributed by atoms with Crippen LogP contribution >= 0.6 is 11.3 Å². The second-order valence-corrected chi connectivity index (χ2v) is 11.9. The summed E-state index contributed by atoms with van der Waals surface area (Å²) in [7, 11) is -3.64. The lowest BCUT2D eigenvalue weighted by atomic mass is 9.95. The molecule has 3 atom stereocenters. The Morgan fingerprint density at radius 2 is 1.79 bits per heavy atom. The van der Waals surface area contributed by atoms with Gasteiger partial charge < -0.3 is 14.7 Å². The molecule has 0 spiro atoms. The Morgan fingerprint density at radius 1 is 1.09 bits per heavy atom. The van der Waals surface area contributed by atoms with Crippen LogP contribution in [0.4, 0.5) is 18.9 Å². The number of thiophene rings is 1. The topological polar surface area (TPSA) is 73.3 Å². The minimum Gasteiger partial charge on any atom is -0.376 e. The van der Waals surface area contributed by atoms with E-state index in [1.54, 1.807) is 29.6 Å². The third-order valence-corrected chi connectivity index (χ3v) is 9.65. The highest BCUT2D eigenvalue weighted by atomic mass is 32.2. The predicted molar refractivity (Wildman–Crippen MR) is 123 cm³/mol. The van der Waals surface area contributed by atoms with Crippen LogP contribution < -0.4 is 4.90 Å². The molecule has 1 N–H and O–H groups in total. The first kappa shape index (κ1) is 25.4. The van der Waals surface area contributed by atoms with E-state index in [0.29, 0.717) is 31.9 Å². The molecule has 1 unspecified atom stereocenters. The average molecular weight is 520 g/mol. The van der Waals surface area contributed by atoms with E-state index in [4.69, 9.17) is 4.74 Å². The zero-order valence-electron chi connectivity index (χ0n) is 18.9. The van der Waals surface area contributed by atoms with Crippen LogP contribution in [0, 0.1) is 0 Å². The molecule has 1 aromatic carbocycles. The maximum atomic E-state index is 13.2. The first-order valence-electron chi connectivity index (χ1n) is 11.0. The lowest BCUT2D eigenvalue weighted by molar-refractivity contribution is -0.258. The fourth-order valence-corrected chi connectivity index (χ4v) is 6.94. The molecule has 188 valence electrons. The maximum Gasteiger partial charge on any atom is 0.421 e. The molecule has 2 saturated heterocycles. The Hall–Kier alpha value is -1.70. The SMILES string of the molecule is C[C@H]1CN([C@H]2CN(S(=O)(=O)c3cccs3)CCN2c2ccc(C(C)(O)C(F)(F)F)cc2)CCO1. The first-order chi connectivity index (χ1) is 15.9. The molecule has 4 rings (SSSR count). The van der Waals surface area contributed by atoms with Crippen LogP contribution in [0.15, 0.2) is 46.0 Å². The molecule has 0 amide bonds. The standard InChI is InChI=1S/C22H28F3N3O4S2/c1-16-14-26(11-12-32-16)19-15-27(34(30,31)20-4-3-13-33-20)9-10-28(19)18-7-5-17(6-8-18)21(2,29)22(23,24)25/h3-8,13,16,19,29H,9-12,14-15H2,1-2H3/t16-,19+,21?/m0/s1. The maximum absolute atomic E-state index is 13.2. The van der Waals surface area contributed by atoms with Crippen LogP contribution in [0.1, 0.15) is 19.4 Å². The fourth-order valence-electron chi connectivity index (χ4n) is 4.37. The molecular weight excluding hydrogens is 491 g/mol. The first-order valence-corrected chi connectivity index (χ1v) is 13.3. The zero-order chi connectivity index (χ0) is 24.7. The number of hydrogen-bond donors (Lipinski definition) is 1. The summed E-state index contributed by atoms with van der Waals surface area (Å²) in [4.78, 5) is 4.18. The molecule has 34 heavy (non-hydrogen) atoms. The predicted octanol–water partition coefficient (Wildman–Crippen LogP) is 3.08. The number of hydrogen-bond acceptors (Lipinski definition) is 7. The number of nitrogens with zero attached hydrogens (tertiary/aromatic N) is 3. The quantitative estimate of drug-likeness (QED) is 0.655. The van der Waals surface area contributed by atoms with E-state index in [9.17, 15) is 26.7 Å². The summed E-state index contributed by atoms with van der Waals surface area (Å²) in [5, 5.41) is 11.7. The van der Waals surface area contributed by atoms with E-state index in [1.807, 2.05) is 11.8 Å². The van der Waals surface area contributed by atoms with Crippen LogP contribution in [-0.2, 0) is 20.4 Å². The van der Waals surface area contributed by atoms with Crippen molar-refractivity contribution in [1.82, 2.24) is 9.21 Å². The summed E-state index contributed by atoms with van der Waals surface area (Å²) >= 11 is 1.17. The number of piperazine rings is 1. The third kappa shape index (κ3) is 4.84. The summed E-state index contributed by atoms with van der Waals surface area (Å²) in [5.74, 6) is 0. The van der Waals surface area contributed by atoms with Crippen LogP contribution in [0.5, 0.6) is 0 Å². The highest BCUT2D eigenvalue weighted by molar-refractivity contribution is 7.91. The van der Waals surface area contributed by atoms with Crippen molar-refractivity contribution >= 4 is 27.0 Å². The molecule has 2 fully saturated rings. The summed E-state index contributed by atoms with van der Waals surface area (Å²) in [6.45, 7) is 5.25. The molecule has 7 nitrogen and oxygen atoms in total. The molecule has 2 aliphatic heterocycles. The lowest BCUT2D eigenvalue weighted by Crippen LogP contribution is -2.63. The largest absolute Gasteiger partial charge is 0.421 e. The van der Waals surface area contributed by atoms with Gasteiger partial charge in [0.05, 0.1) is 18.9 Å². The van der Waals surface area contributed by atoms with Gasteiger partial charge in [0.2, 0.25) is 0 Å². The monoisotopic (exact) mass is 519 g/mol. The minimum atomic E-state index is -4.80. The molecule has 0 saturated carbocycles. The van der Waals surface area contributed by atoms with Crippen molar-refractivity contribution in [1.29, 1.82) is 0 Å². The average Bonchev–Trinajstić information content (AvgIpc) is 3.34. The van der Waals surface area contributed by atoms with Gasteiger partial charge >= 0.3 is 6.18 Å². The van der Waals surface area contributed by atoms with E-state index >= 15 is 0 Å². The highest BCUT2D eigenvalue weighted by Crippen LogP contribution is 2.39. The second-order valence-electron chi connectivity index (χ2n) is 8.76. The van der Waals surface area contributed by atoms with Crippen molar-refractivity contribution in [3.63, 3.8) is 0 Å². The van der Waals surface area contributed by atoms with Gasteiger partial charge in [-0.3, -0.25) is 4.90 Å². The van der Waals surface area contributed by atoms with Crippen molar-refractivity contribution in [3.8, 4) is 0 Å². The van der Waals surface area contributed by atoms with Crippen LogP contribution in [-0.4, -0.2) is 80.5 Å². The highest BCUT2D eigenvalue weighted by Gasteiger charge is 2.51. The molecule has 0 radical (unpaired) electrons. The molecule has 3 heterocycles. The molecule has 0 aliphatic carbocycles. The molecule has 12 heteroatoms. The van der Waals surface area contributed by atoms with Crippen LogP contribution in [0.3, 0.4) is 0 Å². The lowest BCUT2D eigenvalue weighted by Gasteiger charge is -2.48. The third-order valence-electron chi connectivity index (χ3n) is 6.41. The summed E-state index contributed by atoms with van der Waals surface area (Å²) in [6, 6.07) is 8.94. The molecule has 2 aliphatic rings. The Balaban J connectivity index is 1.62. The van der Waals surface area contributed by atoms with Crippen molar-refractivity contribution in [2.75, 3.05) is 44.2 Å². The number of halogens is 3. The van der Waals surface area contributed by atoms with Gasteiger partial charge in [-0.2, -0.15) is 17.5 Å². The van der Waals surface area contributed by atoms with Crippen molar-refractivity contribution in [2.24, 2.45) is 0 Å². The Morgan fingerprint density at radius 3 is 2.38 bits per heavy atom. The van der Waals surface area contributed by atoms with E-state index in [2.05, 4.69) is 4.90 Å². The van der Waals surface area contributed by atoms with Gasteiger partial charge in [-0.05, 0) is 43.0 Å². The van der Waals surface area contributed by atoms with E-state index < -0.39 is 21.8 Å². The van der Waals surface area contributed by atoms with Gasteiger partial charge in [-0.15, -0.1) is 11.3 Å². The van der Waals surface area contributed by atoms with Crippen LogP contribution in [0.25, 0.3) is 0 Å². The number of anilines is 1. The normalized spacial score (nSPS) is 25.3. The fraction of sp³-hybridized carbons (Fsp3) is 0.545. The van der Waals surface area contributed by atoms with Gasteiger partial charge in [0.25, 0.3) is 10.0 Å². The van der Waals surface area contributed by atoms with Gasteiger partial charge in [-0.1, -0.05) is 18.2 Å². The minimum absolute atomic E-state index is 0.0239. The van der Waals surface area contributed by atoms with Gasteiger partial charge in [-0.25, -0.2) is 8.42 Å². The number of ether oxygens (including phenoxy) is 1. The van der Waals surface area contributed by atoms with Gasteiger partial charge in [0.1, 0.15) is 4.21 Å². The van der Waals surface area contributed by atoms with E-state index in [-0.39, 0.29) is 35.1 Å². The summed E-state index contributed by atoms with van der Waals surface area (Å²) in [5.41, 5.74) is -2.55. The summed E-state index contributed by atoms with van der Waals surface area (Å²) in [6.07, 6.45) is -5.14. The number of alkyl halides is 3. The van der Waals surface area contributed by atoms with Crippen molar-refractivity contribution in [3.05, 3.63) is 47.3 Å². The smallest absolute Gasteiger partial charge is 0.376 e. The molecule has 2 aromatic rings. The Kier molecular flexibility index (Phi) is 7.02. The number of aliphatic hydroxyl groups is 1. The van der Waals surface area contributed by atoms with Crippen molar-refractivity contribution in [2.45, 2.75) is 42.1 Å². The number of morpholine rings is 1. The van der Waals surface area contributed by atoms with E-state index in [1.165, 1.54) is 27.8 Å². The number of rotatable bonds is 5. The van der Waals surface area contributed by atoms with Gasteiger partial charge in [0, 0.05) is 38.4 Å². The van der Waals surface area contributed by atoms with E-state index in [0.717, 1.165) is 6.92 Å². The molecular formula is C22H28F3N3O4S2. The number of benzene rings is 1. The number of sulfonamides is 1. The van der Waals surface area contributed by atoms with Crippen LogP contribution in [0.2, 0.25) is 0 Å². The molecule has 0 bridgehead atoms. The van der Waals surface area contributed by atoms with Gasteiger partial charge in [0.15, 0.2) is 5.60 Å².